The Morgan fingerprint density at radius 3 is 2.70 bits per heavy atom. The van der Waals surface area contributed by atoms with Crippen LogP contribution in [-0.4, -0.2) is 27.1 Å². The Kier molecular flexibility index (Phi) is 4.13. The average Bonchev–Trinajstić information content (AvgIpc) is 3.19. The van der Waals surface area contributed by atoms with Gasteiger partial charge >= 0.3 is 0 Å². The molecule has 0 unspecified atom stereocenters. The van der Waals surface area contributed by atoms with E-state index in [1.165, 1.54) is 18.8 Å². The number of nitrogens with one attached hydrogen (secondary N) is 1. The van der Waals surface area contributed by atoms with Crippen molar-refractivity contribution in [1.29, 1.82) is 0 Å². The number of nitrogens with zero attached hydrogens (tertiary/aromatic N) is 3. The van der Waals surface area contributed by atoms with E-state index in [1.807, 2.05) is 0 Å². The van der Waals surface area contributed by atoms with Gasteiger partial charge in [-0.2, -0.15) is 5.10 Å². The molecule has 0 saturated carbocycles. The summed E-state index contributed by atoms with van der Waals surface area (Å²) in [5, 5.41) is 6.36. The van der Waals surface area contributed by atoms with Crippen molar-refractivity contribution >= 4 is 11.6 Å². The van der Waals surface area contributed by atoms with Gasteiger partial charge in [0.1, 0.15) is 6.54 Å². The minimum absolute atomic E-state index is 0.356. The van der Waals surface area contributed by atoms with Crippen molar-refractivity contribution in [2.75, 3.05) is 5.32 Å². The molecular formula is C15H12F2N4O2. The summed E-state index contributed by atoms with van der Waals surface area (Å²) in [6, 6.07) is 6.73. The van der Waals surface area contributed by atoms with Crippen molar-refractivity contribution in [3.63, 3.8) is 0 Å². The van der Waals surface area contributed by atoms with Crippen LogP contribution in [0.4, 0.5) is 14.5 Å². The van der Waals surface area contributed by atoms with Crippen LogP contribution in [0.15, 0.2) is 53.7 Å². The SMILES string of the molecule is O=C(Nc1cnn(CC(F)F)c1)c1ccc(-c2cnco2)cc1. The molecule has 1 N–H and O–H groups in total. The highest BCUT2D eigenvalue weighted by molar-refractivity contribution is 6.04. The topological polar surface area (TPSA) is 73.0 Å². The Balaban J connectivity index is 1.67. The van der Waals surface area contributed by atoms with Crippen LogP contribution >= 0.6 is 0 Å². The summed E-state index contributed by atoms with van der Waals surface area (Å²) in [4.78, 5) is 15.9. The van der Waals surface area contributed by atoms with E-state index in [0.29, 0.717) is 17.0 Å². The summed E-state index contributed by atoms with van der Waals surface area (Å²) in [6.07, 6.45) is 3.08. The van der Waals surface area contributed by atoms with Crippen LogP contribution < -0.4 is 5.32 Å². The number of hydrogen-bond donors (Lipinski definition) is 1. The van der Waals surface area contributed by atoms with Crippen LogP contribution in [0.1, 0.15) is 10.4 Å². The second-order valence-corrected chi connectivity index (χ2v) is 4.74. The zero-order valence-electron chi connectivity index (χ0n) is 11.8. The molecule has 2 heterocycles. The minimum atomic E-state index is -2.50. The molecule has 0 spiro atoms. The first-order chi connectivity index (χ1) is 11.1. The highest BCUT2D eigenvalue weighted by Crippen LogP contribution is 2.19. The van der Waals surface area contributed by atoms with E-state index in [1.54, 1.807) is 30.5 Å². The number of anilines is 1. The largest absolute Gasteiger partial charge is 0.444 e. The lowest BCUT2D eigenvalue weighted by molar-refractivity contribution is 0.102. The number of aromatic nitrogens is 3. The fraction of sp³-hybridized carbons (Fsp3) is 0.133. The third-order valence-electron chi connectivity index (χ3n) is 3.08. The number of oxazole rings is 1. The number of alkyl halides is 2. The second kappa shape index (κ2) is 6.39. The summed E-state index contributed by atoms with van der Waals surface area (Å²) in [5.74, 6) is 0.246. The molecule has 0 aliphatic rings. The minimum Gasteiger partial charge on any atom is -0.444 e. The van der Waals surface area contributed by atoms with Crippen molar-refractivity contribution in [3.8, 4) is 11.3 Å². The van der Waals surface area contributed by atoms with E-state index in [0.717, 1.165) is 10.2 Å². The lowest BCUT2D eigenvalue weighted by atomic mass is 10.1. The number of carbonyl (C=O) groups is 1. The van der Waals surface area contributed by atoms with Crippen LogP contribution in [0, 0.1) is 0 Å². The molecule has 6 nitrogen and oxygen atoms in total. The van der Waals surface area contributed by atoms with Gasteiger partial charge < -0.3 is 9.73 Å². The molecule has 1 aromatic carbocycles. The van der Waals surface area contributed by atoms with E-state index in [9.17, 15) is 13.6 Å². The Morgan fingerprint density at radius 2 is 2.04 bits per heavy atom. The van der Waals surface area contributed by atoms with E-state index >= 15 is 0 Å². The fourth-order valence-electron chi connectivity index (χ4n) is 2.02. The van der Waals surface area contributed by atoms with Crippen molar-refractivity contribution in [3.05, 3.63) is 54.8 Å². The standard InChI is InChI=1S/C15H12F2N4O2/c16-14(17)8-21-7-12(5-19-21)20-15(22)11-3-1-10(2-4-11)13-6-18-9-23-13/h1-7,9,14H,8H2,(H,20,22). The van der Waals surface area contributed by atoms with Gasteiger partial charge in [0.25, 0.3) is 12.3 Å². The van der Waals surface area contributed by atoms with Crippen LogP contribution in [0.5, 0.6) is 0 Å². The number of amides is 1. The molecule has 0 radical (unpaired) electrons. The number of hydrogen-bond acceptors (Lipinski definition) is 4. The van der Waals surface area contributed by atoms with Crippen molar-refractivity contribution in [2.24, 2.45) is 0 Å². The number of carbonyl (C=O) groups excluding carboxylic acids is 1. The average molecular weight is 318 g/mol. The van der Waals surface area contributed by atoms with Crippen LogP contribution in [0.3, 0.4) is 0 Å². The van der Waals surface area contributed by atoms with Gasteiger partial charge in [-0.15, -0.1) is 0 Å². The maximum Gasteiger partial charge on any atom is 0.257 e. The van der Waals surface area contributed by atoms with Crippen LogP contribution in [0.2, 0.25) is 0 Å². The van der Waals surface area contributed by atoms with Crippen LogP contribution in [-0.2, 0) is 6.54 Å². The monoisotopic (exact) mass is 318 g/mol. The summed E-state index contributed by atoms with van der Waals surface area (Å²) >= 11 is 0. The Hall–Kier alpha value is -3.03. The zero-order chi connectivity index (χ0) is 16.2. The molecule has 0 bridgehead atoms. The van der Waals surface area contributed by atoms with Crippen molar-refractivity contribution in [1.82, 2.24) is 14.8 Å². The van der Waals surface area contributed by atoms with Crippen LogP contribution in [0.25, 0.3) is 11.3 Å². The molecular weight excluding hydrogens is 306 g/mol. The first-order valence-electron chi connectivity index (χ1n) is 6.73. The predicted molar refractivity (Wildman–Crippen MR) is 78.1 cm³/mol. The zero-order valence-corrected chi connectivity index (χ0v) is 11.8. The molecule has 2 aromatic heterocycles. The molecule has 23 heavy (non-hydrogen) atoms. The van der Waals surface area contributed by atoms with Gasteiger partial charge in [0.15, 0.2) is 12.2 Å². The number of rotatable bonds is 5. The van der Waals surface area contributed by atoms with Gasteiger partial charge in [0.05, 0.1) is 18.1 Å². The van der Waals surface area contributed by atoms with E-state index in [-0.39, 0.29) is 5.91 Å². The molecule has 0 saturated heterocycles. The summed E-state index contributed by atoms with van der Waals surface area (Å²) in [7, 11) is 0. The molecule has 0 aliphatic heterocycles. The van der Waals surface area contributed by atoms with Gasteiger partial charge in [-0.1, -0.05) is 12.1 Å². The number of benzene rings is 1. The summed E-state index contributed by atoms with van der Waals surface area (Å²) < 4.78 is 30.7. The quantitative estimate of drug-likeness (QED) is 0.784. The second-order valence-electron chi connectivity index (χ2n) is 4.74. The van der Waals surface area contributed by atoms with Gasteiger partial charge in [0.2, 0.25) is 0 Å². The molecule has 118 valence electrons. The van der Waals surface area contributed by atoms with Gasteiger partial charge in [0, 0.05) is 17.3 Å². The maximum absolute atomic E-state index is 12.3. The van der Waals surface area contributed by atoms with Crippen molar-refractivity contribution in [2.45, 2.75) is 13.0 Å². The normalized spacial score (nSPS) is 10.9. The Morgan fingerprint density at radius 1 is 1.26 bits per heavy atom. The first-order valence-corrected chi connectivity index (χ1v) is 6.73. The third kappa shape index (κ3) is 3.60. The molecule has 1 amide bonds. The molecule has 0 fully saturated rings. The van der Waals surface area contributed by atoms with E-state index in [2.05, 4.69) is 15.4 Å². The number of halogens is 2. The predicted octanol–water partition coefficient (Wildman–Crippen LogP) is 3.06. The van der Waals surface area contributed by atoms with Gasteiger partial charge in [-0.3, -0.25) is 9.48 Å². The smallest absolute Gasteiger partial charge is 0.257 e. The lowest BCUT2D eigenvalue weighted by Gasteiger charge is -2.03. The molecule has 0 atom stereocenters. The summed E-state index contributed by atoms with van der Waals surface area (Å²) in [6.45, 7) is -0.512. The lowest BCUT2D eigenvalue weighted by Crippen LogP contribution is -2.11. The molecule has 0 aliphatic carbocycles. The van der Waals surface area contributed by atoms with E-state index < -0.39 is 13.0 Å². The molecule has 3 aromatic rings. The van der Waals surface area contributed by atoms with Gasteiger partial charge in [-0.25, -0.2) is 13.8 Å². The van der Waals surface area contributed by atoms with Crippen molar-refractivity contribution < 1.29 is 18.0 Å². The first kappa shape index (κ1) is 14.9. The Labute approximate surface area is 129 Å². The Bertz CT molecular complexity index is 782. The fourth-order valence-corrected chi connectivity index (χ4v) is 2.02. The molecule has 8 heteroatoms. The highest BCUT2D eigenvalue weighted by atomic mass is 19.3. The van der Waals surface area contributed by atoms with E-state index in [4.69, 9.17) is 4.42 Å². The summed E-state index contributed by atoms with van der Waals surface area (Å²) in [5.41, 5.74) is 1.58. The molecule has 3 rings (SSSR count). The van der Waals surface area contributed by atoms with Gasteiger partial charge in [-0.05, 0) is 12.1 Å². The highest BCUT2D eigenvalue weighted by Gasteiger charge is 2.10. The third-order valence-corrected chi connectivity index (χ3v) is 3.08. The maximum atomic E-state index is 12.3.